The first-order chi connectivity index (χ1) is 18.6. The fraction of sp³-hybridized carbons (Fsp3) is 0.148. The Morgan fingerprint density at radius 3 is 2.38 bits per heavy atom. The number of azo groups is 1. The third kappa shape index (κ3) is 6.60. The van der Waals surface area contributed by atoms with E-state index >= 15 is 0 Å². The van der Waals surface area contributed by atoms with Gasteiger partial charge in [-0.25, -0.2) is 0 Å². The van der Waals surface area contributed by atoms with Gasteiger partial charge in [0.2, 0.25) is 0 Å². The van der Waals surface area contributed by atoms with E-state index in [0.717, 1.165) is 0 Å². The van der Waals surface area contributed by atoms with E-state index in [4.69, 9.17) is 27.9 Å². The van der Waals surface area contributed by atoms with Crippen molar-refractivity contribution in [2.45, 2.75) is 25.2 Å². The van der Waals surface area contributed by atoms with Gasteiger partial charge in [0, 0.05) is 10.9 Å². The minimum Gasteiger partial charge on any atom is -0.870 e. The molecule has 0 spiro atoms. The summed E-state index contributed by atoms with van der Waals surface area (Å²) < 4.78 is 39.7. The molecule has 2 N–H and O–H groups in total. The number of benzene rings is 4. The van der Waals surface area contributed by atoms with Gasteiger partial charge >= 0.3 is 29.6 Å². The first-order valence-corrected chi connectivity index (χ1v) is 13.9. The Bertz CT molecular complexity index is 1730. The third-order valence-electron chi connectivity index (χ3n) is 5.78. The van der Waals surface area contributed by atoms with E-state index in [9.17, 15) is 22.9 Å². The van der Waals surface area contributed by atoms with Crippen molar-refractivity contribution in [3.63, 3.8) is 0 Å². The molecule has 9 nitrogen and oxygen atoms in total. The van der Waals surface area contributed by atoms with Crippen molar-refractivity contribution in [3.8, 4) is 11.5 Å². The van der Waals surface area contributed by atoms with Gasteiger partial charge in [-0.3, -0.25) is 9.35 Å². The molecular formula is C27H22Cl2N3NaO6S. The summed E-state index contributed by atoms with van der Waals surface area (Å²) in [6.07, 6.45) is 0.257. The summed E-state index contributed by atoms with van der Waals surface area (Å²) in [5.41, 5.74) is -0.243. The third-order valence-corrected chi connectivity index (χ3v) is 7.35. The largest absolute Gasteiger partial charge is 1.00 e. The van der Waals surface area contributed by atoms with E-state index in [1.165, 1.54) is 18.2 Å². The van der Waals surface area contributed by atoms with Gasteiger partial charge in [0.15, 0.2) is 5.75 Å². The number of nitrogens with one attached hydrogen (secondary N) is 1. The molecule has 4 aromatic rings. The number of nitrogens with zero attached hydrogens (tertiary/aromatic N) is 2. The quantitative estimate of drug-likeness (QED) is 0.175. The number of carbonyl (C=O) groups excluding carboxylic acids is 1. The second kappa shape index (κ2) is 13.3. The number of hydrogen-bond donors (Lipinski definition) is 2. The van der Waals surface area contributed by atoms with Crippen LogP contribution in [0.3, 0.4) is 0 Å². The fourth-order valence-corrected chi connectivity index (χ4v) is 5.43. The molecule has 4 rings (SSSR count). The standard InChI is InChI=1S/C27H23Cl2N3O6S.Na/c1-3-15-12-13-19(28)23(26(15)39(35,36)37)32-31-22-17-9-6-5-8-16(17)14-18(24(22)33)27(34)30-21-11-7-10-20(29)25(21)38-4-2;/h5-14,33H,3-4H2,1-2H3,(H,30,34)(H,35,36,37);/q;+1/p-1. The van der Waals surface area contributed by atoms with Crippen LogP contribution in [0.4, 0.5) is 17.1 Å². The summed E-state index contributed by atoms with van der Waals surface area (Å²) in [4.78, 5) is 12.8. The molecule has 0 aliphatic carbocycles. The Labute approximate surface area is 263 Å². The average molecular weight is 610 g/mol. The number of anilines is 1. The van der Waals surface area contributed by atoms with Crippen LogP contribution in [0.1, 0.15) is 29.8 Å². The van der Waals surface area contributed by atoms with Gasteiger partial charge < -0.3 is 15.2 Å². The fourth-order valence-electron chi connectivity index (χ4n) is 4.01. The van der Waals surface area contributed by atoms with E-state index < -0.39 is 26.7 Å². The molecule has 0 atom stereocenters. The first kappa shape index (κ1) is 31.8. The van der Waals surface area contributed by atoms with E-state index in [2.05, 4.69) is 15.5 Å². The average Bonchev–Trinajstić information content (AvgIpc) is 2.89. The number of para-hydroxylation sites is 1. The first-order valence-electron chi connectivity index (χ1n) is 11.7. The molecule has 0 aliphatic rings. The van der Waals surface area contributed by atoms with Crippen molar-refractivity contribution in [1.82, 2.24) is 0 Å². The number of fused-ring (bicyclic) bond motifs is 1. The number of aryl methyl sites for hydroxylation is 1. The smallest absolute Gasteiger partial charge is 0.870 e. The van der Waals surface area contributed by atoms with Gasteiger partial charge in [-0.2, -0.15) is 13.5 Å². The van der Waals surface area contributed by atoms with Crippen LogP contribution in [0, 0.1) is 0 Å². The Morgan fingerprint density at radius 1 is 1.00 bits per heavy atom. The van der Waals surface area contributed by atoms with Gasteiger partial charge in [-0.15, -0.1) is 5.11 Å². The molecule has 1 amide bonds. The molecule has 0 heterocycles. The number of carbonyl (C=O) groups is 1. The zero-order valence-electron chi connectivity index (χ0n) is 21.7. The number of amides is 1. The maximum atomic E-state index is 13.5. The van der Waals surface area contributed by atoms with Crippen LogP contribution < -0.4 is 44.7 Å². The van der Waals surface area contributed by atoms with Crippen LogP contribution >= 0.6 is 23.2 Å². The van der Waals surface area contributed by atoms with Gasteiger partial charge in [0.25, 0.3) is 16.0 Å². The normalized spacial score (nSPS) is 11.4. The van der Waals surface area contributed by atoms with Crippen molar-refractivity contribution in [1.29, 1.82) is 0 Å². The van der Waals surface area contributed by atoms with Crippen LogP contribution in [-0.4, -0.2) is 25.5 Å². The molecule has 0 bridgehead atoms. The minimum absolute atomic E-state index is 0. The van der Waals surface area contributed by atoms with Crippen molar-refractivity contribution in [2.24, 2.45) is 10.2 Å². The number of ether oxygens (including phenoxy) is 1. The van der Waals surface area contributed by atoms with Crippen molar-refractivity contribution >= 4 is 67.1 Å². The van der Waals surface area contributed by atoms with Gasteiger partial charge in [-0.1, -0.05) is 72.3 Å². The number of hydrogen-bond acceptors (Lipinski definition) is 7. The van der Waals surface area contributed by atoms with E-state index in [1.54, 1.807) is 56.3 Å². The Balaban J connectivity index is 0.00000441. The topological polar surface area (TPSA) is 140 Å². The molecule has 0 saturated carbocycles. The number of rotatable bonds is 8. The second-order valence-electron chi connectivity index (χ2n) is 8.24. The van der Waals surface area contributed by atoms with Crippen molar-refractivity contribution in [3.05, 3.63) is 81.8 Å². The molecule has 4 aromatic carbocycles. The maximum Gasteiger partial charge on any atom is 1.00 e. The summed E-state index contributed by atoms with van der Waals surface area (Å²) in [6.45, 7) is 3.76. The van der Waals surface area contributed by atoms with E-state index in [-0.39, 0.29) is 80.0 Å². The van der Waals surface area contributed by atoms with Crippen LogP contribution in [0.2, 0.25) is 10.0 Å². The van der Waals surface area contributed by atoms with Crippen LogP contribution in [0.5, 0.6) is 11.5 Å². The van der Waals surface area contributed by atoms with E-state index in [0.29, 0.717) is 17.4 Å². The summed E-state index contributed by atoms with van der Waals surface area (Å²) in [7, 11) is -4.73. The second-order valence-corrected chi connectivity index (χ2v) is 10.4. The molecule has 13 heteroatoms. The molecule has 0 fully saturated rings. The summed E-state index contributed by atoms with van der Waals surface area (Å²) >= 11 is 12.4. The Kier molecular flexibility index (Phi) is 10.6. The zero-order chi connectivity index (χ0) is 28.3. The molecule has 0 aromatic heterocycles. The van der Waals surface area contributed by atoms with Crippen molar-refractivity contribution in [2.75, 3.05) is 11.9 Å². The Hall–Kier alpha value is -2.70. The summed E-state index contributed by atoms with van der Waals surface area (Å²) in [6, 6.07) is 15.8. The van der Waals surface area contributed by atoms with Crippen LogP contribution in [0.15, 0.2) is 75.8 Å². The maximum absolute atomic E-state index is 13.5. The monoisotopic (exact) mass is 609 g/mol. The minimum atomic E-state index is -4.73. The van der Waals surface area contributed by atoms with E-state index in [1.807, 2.05) is 0 Å². The van der Waals surface area contributed by atoms with Crippen LogP contribution in [0.25, 0.3) is 10.8 Å². The molecule has 202 valence electrons. The Morgan fingerprint density at radius 2 is 1.70 bits per heavy atom. The van der Waals surface area contributed by atoms with Gasteiger partial charge in [-0.05, 0) is 48.6 Å². The van der Waals surface area contributed by atoms with Gasteiger partial charge in [0.1, 0.15) is 10.6 Å². The summed E-state index contributed by atoms with van der Waals surface area (Å²) in [5, 5.41) is 25.3. The molecular weight excluding hydrogens is 588 g/mol. The molecule has 0 radical (unpaired) electrons. The zero-order valence-corrected chi connectivity index (χ0v) is 26.1. The predicted molar refractivity (Wildman–Crippen MR) is 149 cm³/mol. The molecule has 0 saturated heterocycles. The molecule has 0 aliphatic heterocycles. The number of halogens is 2. The van der Waals surface area contributed by atoms with Crippen LogP contribution in [-0.2, 0) is 16.5 Å². The predicted octanol–water partition coefficient (Wildman–Crippen LogP) is 4.10. The molecule has 40 heavy (non-hydrogen) atoms. The summed E-state index contributed by atoms with van der Waals surface area (Å²) in [5.74, 6) is -1.24. The van der Waals surface area contributed by atoms with Crippen molar-refractivity contribution < 1.29 is 57.2 Å². The SMILES string of the molecule is CCOc1c(Cl)cccc1NC(=O)c1cc2ccccc2c(N=Nc2c(Cl)ccc(CC)c2S(=O)(=O)O)c1[O-].[Na+]. The van der Waals surface area contributed by atoms with Gasteiger partial charge in [0.05, 0.1) is 28.0 Å². The molecule has 0 unspecified atom stereocenters.